The Hall–Kier alpha value is 6.41. The molecule has 0 atom stereocenters. The first kappa shape index (κ1) is 50.3. The minimum absolute atomic E-state index is 0. The van der Waals surface area contributed by atoms with Gasteiger partial charge < -0.3 is 4.28 Å². The molecule has 0 rings (SSSR count). The van der Waals surface area contributed by atoms with Crippen molar-refractivity contribution in [2.75, 3.05) is 0 Å². The molecule has 39 valence electrons. The second-order valence-corrected chi connectivity index (χ2v) is 0. The summed E-state index contributed by atoms with van der Waals surface area (Å²) in [6, 6.07) is 0. The minimum atomic E-state index is 0. The topological polar surface area (TPSA) is 0 Å². The molecule has 0 aromatic rings. The van der Waals surface area contributed by atoms with Crippen LogP contribution in [0, 0.1) is 41.7 Å². The molecule has 0 heterocycles. The van der Waals surface area contributed by atoms with Crippen molar-refractivity contribution in [1.29, 1.82) is 0 Å². The van der Waals surface area contributed by atoms with Crippen molar-refractivity contribution < 1.29 is 92.7 Å². The van der Waals surface area contributed by atoms with E-state index in [2.05, 4.69) is 0 Å². The van der Waals surface area contributed by atoms with E-state index in [1.165, 1.54) is 0 Å². The molecule has 5 radical (unpaired) electrons. The Balaban J connectivity index is 0. The number of hydrogen-bond acceptors (Lipinski definition) is 0. The summed E-state index contributed by atoms with van der Waals surface area (Å²) in [4.78, 5) is 0. The van der Waals surface area contributed by atoms with Crippen molar-refractivity contribution in [3.05, 3.63) is 0 Å². The third-order valence-electron chi connectivity index (χ3n) is 0. The van der Waals surface area contributed by atoms with Crippen LogP contribution < -0.4 is 29.6 Å². The van der Waals surface area contributed by atoms with Crippen LogP contribution in [-0.2, 0) is 17.1 Å². The predicted molar refractivity (Wildman–Crippen MR) is 36.1 cm³/mol. The van der Waals surface area contributed by atoms with E-state index in [0.717, 1.165) is 0 Å². The van der Waals surface area contributed by atoms with E-state index >= 15 is 0 Å². The second-order valence-electron chi connectivity index (χ2n) is 0. The van der Waals surface area contributed by atoms with Crippen LogP contribution in [-0.4, -0.2) is 106 Å². The van der Waals surface area contributed by atoms with Crippen LogP contribution in [0.3, 0.4) is 0 Å². The van der Waals surface area contributed by atoms with Gasteiger partial charge in [0.1, 0.15) is 0 Å². The Kier molecular flexibility index (Phi) is 282. The van der Waals surface area contributed by atoms with Crippen molar-refractivity contribution in [2.45, 2.75) is 0 Å². The Bertz CT molecular complexity index is 28.5. The molecule has 7 heavy (non-hydrogen) atoms. The first-order chi connectivity index (χ1) is 0. The van der Waals surface area contributed by atoms with Gasteiger partial charge in [0, 0.05) is 58.8 Å². The third kappa shape index (κ3) is 32.7. The van der Waals surface area contributed by atoms with Crippen molar-refractivity contribution in [3.63, 3.8) is 0 Å². The molecule has 0 spiro atoms. The van der Waals surface area contributed by atoms with E-state index < -0.39 is 0 Å². The quantitative estimate of drug-likeness (QED) is 0.235. The average Bonchev–Trinajstić information content (AvgIpc) is 0. The standard InChI is InChI=1S/Al.Ca.Ce.Cu.Na.Pb.Sn.10H/q;+2;;;+1;;;;;;;;;;3*-1. The Morgan fingerprint density at radius 2 is 1.14 bits per heavy atom. The summed E-state index contributed by atoms with van der Waals surface area (Å²) in [5, 5.41) is 0. The molecule has 0 unspecified atom stereocenters. The third-order valence-corrected chi connectivity index (χ3v) is 0. The van der Waals surface area contributed by atoms with E-state index in [1.807, 2.05) is 0 Å². The predicted octanol–water partition coefficient (Wildman–Crippen LogP) is -6.06. The zero-order valence-corrected chi connectivity index (χ0v) is 21.7. The molecule has 0 saturated heterocycles. The van der Waals surface area contributed by atoms with E-state index in [4.69, 9.17) is 0 Å². The maximum atomic E-state index is 0. The Labute approximate surface area is 193 Å². The van der Waals surface area contributed by atoms with Crippen molar-refractivity contribution in [3.8, 4) is 0 Å². The summed E-state index contributed by atoms with van der Waals surface area (Å²) in [5.74, 6) is 0. The van der Waals surface area contributed by atoms with Gasteiger partial charge in [0.2, 0.25) is 0 Å². The van der Waals surface area contributed by atoms with Crippen molar-refractivity contribution in [2.24, 2.45) is 0 Å². The van der Waals surface area contributed by atoms with Gasteiger partial charge in [-0.3, -0.25) is 0 Å². The van der Waals surface area contributed by atoms with Gasteiger partial charge in [0.15, 0.2) is 17.4 Å². The van der Waals surface area contributed by atoms with Gasteiger partial charge in [-0.25, -0.2) is 0 Å². The molecule has 0 bridgehead atoms. The van der Waals surface area contributed by atoms with Crippen LogP contribution in [0.1, 0.15) is 4.28 Å². The molecule has 7 heteroatoms. The fraction of sp³-hybridized carbons (Fsp3) is 0. The van der Waals surface area contributed by atoms with E-state index in [1.54, 1.807) is 0 Å². The first-order valence-electron chi connectivity index (χ1n) is 0. The van der Waals surface area contributed by atoms with Crippen LogP contribution in [0.5, 0.6) is 0 Å². The fourth-order valence-electron chi connectivity index (χ4n) is 0. The summed E-state index contributed by atoms with van der Waals surface area (Å²) in [7, 11) is 0. The van der Waals surface area contributed by atoms with E-state index in [-0.39, 0.29) is 199 Å². The van der Waals surface area contributed by atoms with Crippen LogP contribution in [0.15, 0.2) is 0 Å². The van der Waals surface area contributed by atoms with Crippen molar-refractivity contribution >= 4 is 106 Å². The zero-order chi connectivity index (χ0) is 0. The van der Waals surface area contributed by atoms with Crippen LogP contribution >= 0.6 is 0 Å². The van der Waals surface area contributed by atoms with Gasteiger partial charge >= 0.3 is 119 Å². The van der Waals surface area contributed by atoms with Crippen LogP contribution in [0.4, 0.5) is 0 Å². The summed E-state index contributed by atoms with van der Waals surface area (Å²) < 4.78 is 0. The summed E-state index contributed by atoms with van der Waals surface area (Å²) >= 11 is 0. The molecule has 0 aliphatic carbocycles. The average molecular weight is 630 g/mol. The molecular weight excluding hydrogens is 620 g/mol. The van der Waals surface area contributed by atoms with Gasteiger partial charge in [-0.2, -0.15) is 0 Å². The van der Waals surface area contributed by atoms with Gasteiger partial charge in [-0.1, -0.05) is 0 Å². The van der Waals surface area contributed by atoms with Gasteiger partial charge in [0.25, 0.3) is 0 Å². The molecule has 0 saturated carbocycles. The molecular formula is H10AlCaCeCuNaPbSn. The fourth-order valence-corrected chi connectivity index (χ4v) is 0. The van der Waals surface area contributed by atoms with E-state index in [9.17, 15) is 0 Å². The zero-order valence-electron chi connectivity index (χ0n) is 6.92. The molecule has 0 aromatic carbocycles. The second kappa shape index (κ2) is 39.3. The summed E-state index contributed by atoms with van der Waals surface area (Å²) in [5.41, 5.74) is 0. The molecule has 0 nitrogen and oxygen atoms in total. The summed E-state index contributed by atoms with van der Waals surface area (Å²) in [6.45, 7) is 0. The van der Waals surface area contributed by atoms with E-state index in [0.29, 0.717) is 0 Å². The van der Waals surface area contributed by atoms with Crippen molar-refractivity contribution in [1.82, 2.24) is 0 Å². The Morgan fingerprint density at radius 3 is 1.14 bits per heavy atom. The Morgan fingerprint density at radius 1 is 1.14 bits per heavy atom. The monoisotopic (exact) mass is 631 g/mol. The summed E-state index contributed by atoms with van der Waals surface area (Å²) in [6.07, 6.45) is 0. The maximum absolute atomic E-state index is 0. The molecule has 0 aliphatic heterocycles. The number of rotatable bonds is 0. The van der Waals surface area contributed by atoms with Gasteiger partial charge in [-0.05, 0) is 0 Å². The van der Waals surface area contributed by atoms with Gasteiger partial charge in [-0.15, -0.1) is 0 Å². The molecule has 0 fully saturated rings. The van der Waals surface area contributed by atoms with Crippen LogP contribution in [0.2, 0.25) is 0 Å². The van der Waals surface area contributed by atoms with Gasteiger partial charge in [0.05, 0.1) is 0 Å². The molecule has 0 aliphatic rings. The molecule has 0 aromatic heterocycles. The van der Waals surface area contributed by atoms with Crippen LogP contribution in [0.25, 0.3) is 0 Å². The molecule has 0 N–H and O–H groups in total. The molecule has 0 amide bonds. The normalized spacial score (nSPS) is 0. The first-order valence-corrected chi connectivity index (χ1v) is 0. The number of hydrogen-bond donors (Lipinski definition) is 0. The SMILES string of the molecule is [AlH3].[Ca+2].[Ce].[Cu].[H-].[H-].[H-].[Na+].[PbH2].[SnH2].